The number of anilines is 1. The average Bonchev–Trinajstić information content (AvgIpc) is 3.16. The maximum Gasteiger partial charge on any atom is 0.433 e. The Balaban J connectivity index is 1.12. The third-order valence-corrected chi connectivity index (χ3v) is 6.75. The molecule has 1 aromatic carbocycles. The number of aromatic nitrogens is 3. The predicted molar refractivity (Wildman–Crippen MR) is 118 cm³/mol. The molecule has 12 heteroatoms. The number of hydrogen-bond donors (Lipinski definition) is 0. The Hall–Kier alpha value is -4.11. The SMILES string of the molecule is N#Cc1cc(CCOc2cc3n(c(=O)n2)CC24COC2CN34)ccc1Oc1ccnc(C(F)(F)F)c1. The Morgan fingerprint density at radius 3 is 2.83 bits per heavy atom. The summed E-state index contributed by atoms with van der Waals surface area (Å²) in [6.07, 6.45) is -3.04. The van der Waals surface area contributed by atoms with Crippen LogP contribution in [-0.2, 0) is 23.9 Å². The van der Waals surface area contributed by atoms with Gasteiger partial charge in [-0.15, -0.1) is 0 Å². The third-order valence-electron chi connectivity index (χ3n) is 6.75. The fraction of sp³-hybridized carbons (Fsp3) is 0.333. The van der Waals surface area contributed by atoms with Gasteiger partial charge in [0.2, 0.25) is 5.88 Å². The van der Waals surface area contributed by atoms with Crippen molar-refractivity contribution < 1.29 is 27.4 Å². The second kappa shape index (κ2) is 7.96. The molecule has 5 heterocycles. The molecule has 0 radical (unpaired) electrons. The Labute approximate surface area is 202 Å². The summed E-state index contributed by atoms with van der Waals surface area (Å²) in [5, 5.41) is 9.51. The molecular weight excluding hydrogens is 479 g/mol. The van der Waals surface area contributed by atoms with Gasteiger partial charge in [-0.2, -0.15) is 23.4 Å². The predicted octanol–water partition coefficient (Wildman–Crippen LogP) is 2.91. The molecule has 3 aliphatic heterocycles. The monoisotopic (exact) mass is 497 g/mol. The molecule has 1 spiro atoms. The van der Waals surface area contributed by atoms with E-state index in [1.807, 2.05) is 6.07 Å². The number of morpholine rings is 1. The van der Waals surface area contributed by atoms with Gasteiger partial charge < -0.3 is 19.1 Å². The molecule has 184 valence electrons. The van der Waals surface area contributed by atoms with E-state index in [0.717, 1.165) is 30.2 Å². The molecule has 2 atom stereocenters. The van der Waals surface area contributed by atoms with Crippen LogP contribution in [0.5, 0.6) is 17.4 Å². The Bertz CT molecular complexity index is 1470. The van der Waals surface area contributed by atoms with Crippen LogP contribution < -0.4 is 20.1 Å². The van der Waals surface area contributed by atoms with Crippen LogP contribution in [0.15, 0.2) is 47.4 Å². The fourth-order valence-electron chi connectivity index (χ4n) is 4.79. The molecule has 0 saturated carbocycles. The van der Waals surface area contributed by atoms with Gasteiger partial charge in [0.15, 0.2) is 0 Å². The summed E-state index contributed by atoms with van der Waals surface area (Å²) < 4.78 is 57.1. The molecule has 2 saturated heterocycles. The van der Waals surface area contributed by atoms with Crippen molar-refractivity contribution in [3.05, 3.63) is 69.9 Å². The molecule has 0 amide bonds. The van der Waals surface area contributed by atoms with Gasteiger partial charge in [0, 0.05) is 31.3 Å². The van der Waals surface area contributed by atoms with Gasteiger partial charge in [-0.3, -0.25) is 9.55 Å². The van der Waals surface area contributed by atoms with Crippen molar-refractivity contribution in [2.75, 3.05) is 24.7 Å². The minimum atomic E-state index is -4.61. The van der Waals surface area contributed by atoms with Crippen molar-refractivity contribution >= 4 is 5.82 Å². The lowest BCUT2D eigenvalue weighted by Crippen LogP contribution is -2.80. The van der Waals surface area contributed by atoms with Gasteiger partial charge in [0.25, 0.3) is 0 Å². The third kappa shape index (κ3) is 3.54. The number of fused-ring (bicyclic) bond motifs is 2. The quantitative estimate of drug-likeness (QED) is 0.512. The van der Waals surface area contributed by atoms with Crippen molar-refractivity contribution in [3.63, 3.8) is 0 Å². The van der Waals surface area contributed by atoms with Crippen LogP contribution >= 0.6 is 0 Å². The van der Waals surface area contributed by atoms with Gasteiger partial charge in [0.1, 0.15) is 40.7 Å². The van der Waals surface area contributed by atoms with Gasteiger partial charge in [-0.1, -0.05) is 6.07 Å². The summed E-state index contributed by atoms with van der Waals surface area (Å²) in [5.41, 5.74) is -0.660. The number of ether oxygens (including phenoxy) is 3. The van der Waals surface area contributed by atoms with Crippen LogP contribution in [-0.4, -0.2) is 45.9 Å². The average molecular weight is 497 g/mol. The lowest BCUT2D eigenvalue weighted by atomic mass is 9.79. The topological polar surface area (TPSA) is 102 Å². The highest BCUT2D eigenvalue weighted by atomic mass is 19.4. The van der Waals surface area contributed by atoms with Crippen molar-refractivity contribution in [1.82, 2.24) is 14.5 Å². The van der Waals surface area contributed by atoms with E-state index in [0.29, 0.717) is 19.6 Å². The van der Waals surface area contributed by atoms with Crippen LogP contribution in [0.25, 0.3) is 0 Å². The first-order valence-electron chi connectivity index (χ1n) is 11.1. The van der Waals surface area contributed by atoms with Crippen LogP contribution in [0.1, 0.15) is 16.8 Å². The summed E-state index contributed by atoms with van der Waals surface area (Å²) in [6, 6.07) is 10.6. The van der Waals surface area contributed by atoms with Gasteiger partial charge in [-0.25, -0.2) is 4.79 Å². The normalized spacial score (nSPS) is 21.4. The molecule has 0 bridgehead atoms. The van der Waals surface area contributed by atoms with E-state index >= 15 is 0 Å². The van der Waals surface area contributed by atoms with E-state index in [1.54, 1.807) is 22.8 Å². The summed E-state index contributed by atoms with van der Waals surface area (Å²) in [7, 11) is 0. The number of nitriles is 1. The number of pyridine rings is 1. The zero-order chi connectivity index (χ0) is 25.1. The van der Waals surface area contributed by atoms with Crippen molar-refractivity contribution in [1.29, 1.82) is 5.26 Å². The summed E-state index contributed by atoms with van der Waals surface area (Å²) >= 11 is 0. The van der Waals surface area contributed by atoms with E-state index in [2.05, 4.69) is 14.9 Å². The maximum absolute atomic E-state index is 12.9. The number of benzene rings is 1. The van der Waals surface area contributed by atoms with E-state index in [9.17, 15) is 23.2 Å². The number of nitrogens with zero attached hydrogens (tertiary/aromatic N) is 5. The highest BCUT2D eigenvalue weighted by molar-refractivity contribution is 5.56. The summed E-state index contributed by atoms with van der Waals surface area (Å²) in [5.74, 6) is 1.05. The van der Waals surface area contributed by atoms with E-state index < -0.39 is 11.9 Å². The molecule has 6 rings (SSSR count). The molecule has 9 nitrogen and oxygen atoms in total. The fourth-order valence-corrected chi connectivity index (χ4v) is 4.79. The van der Waals surface area contributed by atoms with Gasteiger partial charge in [-0.05, 0) is 23.8 Å². The first kappa shape index (κ1) is 22.4. The first-order valence-corrected chi connectivity index (χ1v) is 11.1. The number of halogens is 3. The number of rotatable bonds is 6. The zero-order valence-corrected chi connectivity index (χ0v) is 18.7. The van der Waals surface area contributed by atoms with E-state index in [1.165, 1.54) is 12.1 Å². The van der Waals surface area contributed by atoms with E-state index in [-0.39, 0.29) is 46.9 Å². The summed E-state index contributed by atoms with van der Waals surface area (Å²) in [4.78, 5) is 22.0. The van der Waals surface area contributed by atoms with Crippen LogP contribution in [0.2, 0.25) is 0 Å². The van der Waals surface area contributed by atoms with Crippen LogP contribution in [0.4, 0.5) is 19.0 Å². The Morgan fingerprint density at radius 2 is 2.11 bits per heavy atom. The molecule has 2 unspecified atom stereocenters. The first-order chi connectivity index (χ1) is 17.3. The number of hydrogen-bond acceptors (Lipinski definition) is 8. The second-order valence-electron chi connectivity index (χ2n) is 8.85. The van der Waals surface area contributed by atoms with Gasteiger partial charge in [0.05, 0.1) is 25.3 Å². The highest BCUT2D eigenvalue weighted by Crippen LogP contribution is 2.50. The zero-order valence-electron chi connectivity index (χ0n) is 18.7. The van der Waals surface area contributed by atoms with Crippen molar-refractivity contribution in [2.45, 2.75) is 30.8 Å². The standard InChI is InChI=1S/C24H18F3N5O4/c25-24(26,27)18-8-16(3-5-29-18)36-17-2-1-14(7-15(17)10-28)4-6-34-20-9-21-31(22(33)30-20)12-23-13-35-19(23)11-32(21)23/h1-3,5,7-9,19H,4,6,11-13H2. The molecule has 3 aliphatic rings. The molecule has 3 aromatic rings. The molecule has 36 heavy (non-hydrogen) atoms. The smallest absolute Gasteiger partial charge is 0.433 e. The highest BCUT2D eigenvalue weighted by Gasteiger charge is 2.65. The minimum Gasteiger partial charge on any atom is -0.477 e. The lowest BCUT2D eigenvalue weighted by Gasteiger charge is -2.61. The van der Waals surface area contributed by atoms with E-state index in [4.69, 9.17) is 14.2 Å². The lowest BCUT2D eigenvalue weighted by molar-refractivity contribution is -0.174. The minimum absolute atomic E-state index is 0.0809. The Morgan fingerprint density at radius 1 is 1.25 bits per heavy atom. The molecular formula is C24H18F3N5O4. The molecule has 0 N–H and O–H groups in total. The molecule has 2 aromatic heterocycles. The molecule has 2 fully saturated rings. The maximum atomic E-state index is 12.9. The molecule has 0 aliphatic carbocycles. The van der Waals surface area contributed by atoms with Crippen molar-refractivity contribution in [2.24, 2.45) is 0 Å². The Kier molecular flexibility index (Phi) is 4.94. The van der Waals surface area contributed by atoms with Crippen molar-refractivity contribution in [3.8, 4) is 23.4 Å². The summed E-state index contributed by atoms with van der Waals surface area (Å²) in [6.45, 7) is 2.12. The second-order valence-corrected chi connectivity index (χ2v) is 8.85. The van der Waals surface area contributed by atoms with Gasteiger partial charge >= 0.3 is 11.9 Å². The van der Waals surface area contributed by atoms with Crippen LogP contribution in [0, 0.1) is 11.3 Å². The largest absolute Gasteiger partial charge is 0.477 e. The number of alkyl halides is 3. The van der Waals surface area contributed by atoms with Crippen LogP contribution in [0.3, 0.4) is 0 Å².